The molecule has 0 unspecified atom stereocenters. The molecule has 3 aliphatic rings. The van der Waals surface area contributed by atoms with Crippen molar-refractivity contribution in [3.8, 4) is 0 Å². The van der Waals surface area contributed by atoms with Crippen LogP contribution in [-0.2, 0) is 4.79 Å². The van der Waals surface area contributed by atoms with Gasteiger partial charge in [-0.05, 0) is 50.3 Å². The third-order valence-electron chi connectivity index (χ3n) is 7.44. The van der Waals surface area contributed by atoms with Crippen LogP contribution >= 0.6 is 0 Å². The molecule has 0 aromatic heterocycles. The highest BCUT2D eigenvalue weighted by molar-refractivity contribution is 6.09. The topological polar surface area (TPSA) is 56.1 Å². The summed E-state index contributed by atoms with van der Waals surface area (Å²) in [5.41, 5.74) is 0.106. The Balaban J connectivity index is 1.32. The van der Waals surface area contributed by atoms with E-state index in [0.29, 0.717) is 56.3 Å². The summed E-state index contributed by atoms with van der Waals surface area (Å²) in [6.07, 6.45) is 11.3. The molecule has 2 heterocycles. The smallest absolute Gasteiger partial charge is 0.228 e. The summed E-state index contributed by atoms with van der Waals surface area (Å²) in [5, 5.41) is 11.2. The number of halogens is 1. The first kappa shape index (κ1) is 22.0. The maximum atomic E-state index is 14.0. The normalized spacial score (nSPS) is 22.9. The van der Waals surface area contributed by atoms with Crippen LogP contribution in [0.3, 0.4) is 0 Å². The molecule has 2 fully saturated rings. The van der Waals surface area contributed by atoms with Gasteiger partial charge < -0.3 is 14.9 Å². The quantitative estimate of drug-likeness (QED) is 0.769. The lowest BCUT2D eigenvalue weighted by Gasteiger charge is -2.45. The van der Waals surface area contributed by atoms with Gasteiger partial charge in [0, 0.05) is 36.8 Å². The van der Waals surface area contributed by atoms with Gasteiger partial charge in [0.05, 0.1) is 11.3 Å². The van der Waals surface area contributed by atoms with Crippen LogP contribution in [0.1, 0.15) is 63.9 Å². The van der Waals surface area contributed by atoms with E-state index in [-0.39, 0.29) is 11.2 Å². The fourth-order valence-electron chi connectivity index (χ4n) is 5.33. The standard InChI is InChI=1S/C25H34FN3O2/c1-2-24(11-6-3-7-12-24)23(30)29-16-13-25(31,14-17-29)18-28-15-10-22(27-19-28)20-8-4-5-9-21(20)26/h4-5,8-10,15,31H,2-3,6-7,11-14,16-19H2,1H3. The molecule has 2 aliphatic heterocycles. The number of amides is 1. The Morgan fingerprint density at radius 3 is 2.45 bits per heavy atom. The number of likely N-dealkylation sites (tertiary alicyclic amines) is 1. The zero-order chi connectivity index (χ0) is 21.9. The number of β-amino-alcohol motifs (C(OH)–C–C–N with tert-alkyl or cyclic N) is 1. The van der Waals surface area contributed by atoms with E-state index in [1.807, 2.05) is 16.0 Å². The number of aliphatic hydroxyl groups is 1. The molecule has 0 bridgehead atoms. The van der Waals surface area contributed by atoms with Gasteiger partial charge in [-0.15, -0.1) is 0 Å². The minimum absolute atomic E-state index is 0.179. The van der Waals surface area contributed by atoms with Crippen LogP contribution in [0.5, 0.6) is 0 Å². The predicted octanol–water partition coefficient (Wildman–Crippen LogP) is 4.12. The van der Waals surface area contributed by atoms with Crippen LogP contribution in [0, 0.1) is 11.2 Å². The molecule has 168 valence electrons. The predicted molar refractivity (Wildman–Crippen MR) is 120 cm³/mol. The summed E-state index contributed by atoms with van der Waals surface area (Å²) in [5.74, 6) is 0.0200. The lowest BCUT2D eigenvalue weighted by Crippen LogP contribution is -2.54. The van der Waals surface area contributed by atoms with Gasteiger partial charge in [0.15, 0.2) is 0 Å². The van der Waals surface area contributed by atoms with Crippen LogP contribution in [0.25, 0.3) is 0 Å². The van der Waals surface area contributed by atoms with Crippen molar-refractivity contribution in [1.82, 2.24) is 9.80 Å². The van der Waals surface area contributed by atoms with Gasteiger partial charge in [0.2, 0.25) is 5.91 Å². The minimum atomic E-state index is -0.835. The Kier molecular flexibility index (Phi) is 6.47. The van der Waals surface area contributed by atoms with Crippen molar-refractivity contribution in [2.45, 2.75) is 63.9 Å². The molecule has 1 aromatic carbocycles. The first-order valence-electron chi connectivity index (χ1n) is 11.7. The molecular weight excluding hydrogens is 393 g/mol. The van der Waals surface area contributed by atoms with Crippen molar-refractivity contribution >= 4 is 11.6 Å². The molecule has 0 atom stereocenters. The van der Waals surface area contributed by atoms with E-state index < -0.39 is 5.60 Å². The van der Waals surface area contributed by atoms with E-state index in [2.05, 4.69) is 11.9 Å². The average Bonchev–Trinajstić information content (AvgIpc) is 2.80. The van der Waals surface area contributed by atoms with Crippen molar-refractivity contribution in [2.75, 3.05) is 26.3 Å². The van der Waals surface area contributed by atoms with Gasteiger partial charge in [-0.1, -0.05) is 38.3 Å². The van der Waals surface area contributed by atoms with E-state index >= 15 is 0 Å². The summed E-state index contributed by atoms with van der Waals surface area (Å²) in [4.78, 5) is 21.7. The number of piperidine rings is 1. The number of carbonyl (C=O) groups is 1. The Labute approximate surface area is 184 Å². The SMILES string of the molecule is CCC1(C(=O)N2CCC(O)(CN3C=CC(c4ccccc4F)=NC3)CC2)CCCCC1. The average molecular weight is 428 g/mol. The summed E-state index contributed by atoms with van der Waals surface area (Å²) in [6, 6.07) is 6.63. The Morgan fingerprint density at radius 2 is 1.84 bits per heavy atom. The minimum Gasteiger partial charge on any atom is -0.388 e. The Hall–Kier alpha value is -2.21. The van der Waals surface area contributed by atoms with E-state index in [1.54, 1.807) is 24.3 Å². The number of nitrogens with zero attached hydrogens (tertiary/aromatic N) is 3. The van der Waals surface area contributed by atoms with Crippen molar-refractivity contribution < 1.29 is 14.3 Å². The van der Waals surface area contributed by atoms with Gasteiger partial charge >= 0.3 is 0 Å². The van der Waals surface area contributed by atoms with Crippen molar-refractivity contribution in [3.63, 3.8) is 0 Å². The zero-order valence-electron chi connectivity index (χ0n) is 18.5. The van der Waals surface area contributed by atoms with Gasteiger partial charge in [-0.25, -0.2) is 4.39 Å². The molecule has 5 nitrogen and oxygen atoms in total. The molecular formula is C25H34FN3O2. The summed E-state index contributed by atoms with van der Waals surface area (Å²) >= 11 is 0. The van der Waals surface area contributed by atoms with Gasteiger partial charge in [-0.2, -0.15) is 0 Å². The molecule has 1 aliphatic carbocycles. The van der Waals surface area contributed by atoms with Crippen molar-refractivity contribution in [1.29, 1.82) is 0 Å². The van der Waals surface area contributed by atoms with E-state index in [1.165, 1.54) is 12.5 Å². The second-order valence-electron chi connectivity index (χ2n) is 9.44. The van der Waals surface area contributed by atoms with Gasteiger partial charge in [0.1, 0.15) is 12.5 Å². The number of hydrogen-bond donors (Lipinski definition) is 1. The maximum Gasteiger partial charge on any atom is 0.228 e. The van der Waals surface area contributed by atoms with Crippen LogP contribution in [0.4, 0.5) is 4.39 Å². The van der Waals surface area contributed by atoms with E-state index in [9.17, 15) is 14.3 Å². The highest BCUT2D eigenvalue weighted by Gasteiger charge is 2.43. The first-order chi connectivity index (χ1) is 14.9. The molecule has 0 radical (unpaired) electrons. The molecule has 0 spiro atoms. The fourth-order valence-corrected chi connectivity index (χ4v) is 5.33. The van der Waals surface area contributed by atoms with Gasteiger partial charge in [0.25, 0.3) is 0 Å². The number of benzene rings is 1. The fraction of sp³-hybridized carbons (Fsp3) is 0.600. The third kappa shape index (κ3) is 4.69. The van der Waals surface area contributed by atoms with Crippen LogP contribution < -0.4 is 0 Å². The van der Waals surface area contributed by atoms with Crippen LogP contribution in [0.15, 0.2) is 41.5 Å². The maximum absolute atomic E-state index is 14.0. The second kappa shape index (κ2) is 9.11. The monoisotopic (exact) mass is 427 g/mol. The molecule has 6 heteroatoms. The van der Waals surface area contributed by atoms with E-state index in [0.717, 1.165) is 32.1 Å². The zero-order valence-corrected chi connectivity index (χ0v) is 18.5. The largest absolute Gasteiger partial charge is 0.388 e. The molecule has 31 heavy (non-hydrogen) atoms. The number of allylic oxidation sites excluding steroid dienone is 1. The molecule has 1 saturated heterocycles. The summed E-state index contributed by atoms with van der Waals surface area (Å²) in [7, 11) is 0. The van der Waals surface area contributed by atoms with Crippen molar-refractivity contribution in [2.24, 2.45) is 10.4 Å². The molecule has 1 N–H and O–H groups in total. The number of carbonyl (C=O) groups excluding carboxylic acids is 1. The Bertz CT molecular complexity index is 852. The summed E-state index contributed by atoms with van der Waals surface area (Å²) in [6.45, 7) is 4.22. The van der Waals surface area contributed by atoms with E-state index in [4.69, 9.17) is 0 Å². The first-order valence-corrected chi connectivity index (χ1v) is 11.7. The molecule has 1 amide bonds. The highest BCUT2D eigenvalue weighted by atomic mass is 19.1. The Morgan fingerprint density at radius 1 is 1.13 bits per heavy atom. The molecule has 1 saturated carbocycles. The number of rotatable bonds is 5. The lowest BCUT2D eigenvalue weighted by atomic mass is 9.71. The van der Waals surface area contributed by atoms with Crippen LogP contribution in [0.2, 0.25) is 0 Å². The van der Waals surface area contributed by atoms with Gasteiger partial charge in [-0.3, -0.25) is 9.79 Å². The number of hydrogen-bond acceptors (Lipinski definition) is 4. The number of aliphatic imine (C=N–C) groups is 1. The summed E-state index contributed by atoms with van der Waals surface area (Å²) < 4.78 is 14.0. The van der Waals surface area contributed by atoms with Crippen LogP contribution in [-0.4, -0.2) is 58.4 Å². The van der Waals surface area contributed by atoms with Crippen molar-refractivity contribution in [3.05, 3.63) is 47.9 Å². The third-order valence-corrected chi connectivity index (χ3v) is 7.44. The molecule has 1 aromatic rings. The second-order valence-corrected chi connectivity index (χ2v) is 9.44. The molecule has 4 rings (SSSR count). The lowest BCUT2D eigenvalue weighted by molar-refractivity contribution is -0.149. The highest BCUT2D eigenvalue weighted by Crippen LogP contribution is 2.41.